The average Bonchev–Trinajstić information content (AvgIpc) is 2.38. The molecule has 0 unspecified atom stereocenters. The van der Waals surface area contributed by atoms with Gasteiger partial charge in [0, 0.05) is 33.3 Å². The Bertz CT molecular complexity index is 209. The Morgan fingerprint density at radius 2 is 2.00 bits per heavy atom. The van der Waals surface area contributed by atoms with Crippen molar-refractivity contribution >= 4 is 5.96 Å². The van der Waals surface area contributed by atoms with E-state index >= 15 is 0 Å². The molecule has 0 rings (SSSR count). The minimum absolute atomic E-state index is 0.796. The summed E-state index contributed by atoms with van der Waals surface area (Å²) in [5, 5.41) is 6.59. The van der Waals surface area contributed by atoms with Gasteiger partial charge in [0.05, 0.1) is 6.61 Å². The van der Waals surface area contributed by atoms with Crippen LogP contribution >= 0.6 is 0 Å². The summed E-state index contributed by atoms with van der Waals surface area (Å²) in [6, 6.07) is 0. The van der Waals surface area contributed by atoms with Crippen molar-refractivity contribution in [3.63, 3.8) is 0 Å². The first kappa shape index (κ1) is 17.2. The highest BCUT2D eigenvalue weighted by Gasteiger charge is 1.99. The van der Waals surface area contributed by atoms with Gasteiger partial charge < -0.3 is 20.3 Å². The van der Waals surface area contributed by atoms with Gasteiger partial charge in [-0.15, -0.1) is 0 Å². The minimum atomic E-state index is 0.796. The number of hydrogen-bond donors (Lipinski definition) is 2. The smallest absolute Gasteiger partial charge is 0.191 e. The first-order valence-electron chi connectivity index (χ1n) is 6.94. The largest absolute Gasteiger partial charge is 0.383 e. The van der Waals surface area contributed by atoms with E-state index < -0.39 is 0 Å². The molecule has 5 nitrogen and oxygen atoms in total. The highest BCUT2D eigenvalue weighted by atomic mass is 16.5. The van der Waals surface area contributed by atoms with E-state index in [1.165, 1.54) is 0 Å². The van der Waals surface area contributed by atoms with Crippen molar-refractivity contribution in [2.24, 2.45) is 4.99 Å². The second-order valence-electron chi connectivity index (χ2n) is 4.34. The second-order valence-corrected chi connectivity index (χ2v) is 4.34. The third-order valence-electron chi connectivity index (χ3n) is 2.52. The maximum Gasteiger partial charge on any atom is 0.191 e. The third-order valence-corrected chi connectivity index (χ3v) is 2.52. The number of rotatable bonds is 10. The number of hydrogen-bond acceptors (Lipinski definition) is 3. The van der Waals surface area contributed by atoms with E-state index in [1.807, 2.05) is 0 Å². The standard InChI is InChI=1S/C13H30N4O/c1-5-8-15-13(14-6-2)16-9-7-10-17(3)11-12-18-4/h5-12H2,1-4H3,(H2,14,15,16). The predicted molar refractivity (Wildman–Crippen MR) is 78.3 cm³/mol. The average molecular weight is 258 g/mol. The molecule has 0 radical (unpaired) electrons. The number of methoxy groups -OCH3 is 1. The van der Waals surface area contributed by atoms with Gasteiger partial charge >= 0.3 is 0 Å². The Kier molecular flexibility index (Phi) is 12.1. The number of ether oxygens (including phenoxy) is 1. The zero-order chi connectivity index (χ0) is 13.6. The first-order chi connectivity index (χ1) is 8.74. The number of nitrogens with one attached hydrogen (secondary N) is 2. The van der Waals surface area contributed by atoms with Gasteiger partial charge in [-0.3, -0.25) is 4.99 Å². The third kappa shape index (κ3) is 10.4. The highest BCUT2D eigenvalue weighted by molar-refractivity contribution is 5.79. The summed E-state index contributed by atoms with van der Waals surface area (Å²) in [6.45, 7) is 9.81. The van der Waals surface area contributed by atoms with E-state index in [2.05, 4.69) is 41.4 Å². The molecule has 5 heteroatoms. The van der Waals surface area contributed by atoms with Crippen LogP contribution in [0.25, 0.3) is 0 Å². The predicted octanol–water partition coefficient (Wildman–Crippen LogP) is 0.920. The van der Waals surface area contributed by atoms with Crippen LogP contribution in [0.1, 0.15) is 26.7 Å². The van der Waals surface area contributed by atoms with E-state index in [-0.39, 0.29) is 0 Å². The second kappa shape index (κ2) is 12.6. The molecule has 0 aliphatic rings. The van der Waals surface area contributed by atoms with E-state index in [9.17, 15) is 0 Å². The van der Waals surface area contributed by atoms with Gasteiger partial charge in [-0.25, -0.2) is 0 Å². The van der Waals surface area contributed by atoms with Gasteiger partial charge in [0.1, 0.15) is 0 Å². The summed E-state index contributed by atoms with van der Waals surface area (Å²) in [4.78, 5) is 6.74. The molecule has 0 aliphatic carbocycles. The SMILES string of the molecule is CCCN=C(NCC)NCCCN(C)CCOC. The quantitative estimate of drug-likeness (QED) is 0.347. The molecule has 0 amide bonds. The van der Waals surface area contributed by atoms with Gasteiger partial charge in [-0.2, -0.15) is 0 Å². The molecule has 0 aliphatic heterocycles. The fourth-order valence-corrected chi connectivity index (χ4v) is 1.48. The van der Waals surface area contributed by atoms with Crippen molar-refractivity contribution in [3.05, 3.63) is 0 Å². The van der Waals surface area contributed by atoms with Gasteiger partial charge in [-0.1, -0.05) is 6.92 Å². The fraction of sp³-hybridized carbons (Fsp3) is 0.923. The molecule has 0 bridgehead atoms. The molecular formula is C13H30N4O. The van der Waals surface area contributed by atoms with Crippen molar-refractivity contribution in [2.45, 2.75) is 26.7 Å². The molecule has 0 saturated heterocycles. The van der Waals surface area contributed by atoms with Gasteiger partial charge in [0.25, 0.3) is 0 Å². The van der Waals surface area contributed by atoms with Crippen LogP contribution in [0, 0.1) is 0 Å². The lowest BCUT2D eigenvalue weighted by atomic mass is 10.4. The number of likely N-dealkylation sites (N-methyl/N-ethyl adjacent to an activating group) is 1. The van der Waals surface area contributed by atoms with Crippen LogP contribution in [-0.2, 0) is 4.74 Å². The topological polar surface area (TPSA) is 48.9 Å². The lowest BCUT2D eigenvalue weighted by Gasteiger charge is -2.16. The molecule has 108 valence electrons. The molecule has 0 atom stereocenters. The summed E-state index contributed by atoms with van der Waals surface area (Å²) < 4.78 is 5.05. The van der Waals surface area contributed by atoms with Gasteiger partial charge in [0.15, 0.2) is 5.96 Å². The summed E-state index contributed by atoms with van der Waals surface area (Å²) in [5.74, 6) is 0.930. The first-order valence-corrected chi connectivity index (χ1v) is 6.94. The molecule has 18 heavy (non-hydrogen) atoms. The Morgan fingerprint density at radius 3 is 2.61 bits per heavy atom. The Balaban J connectivity index is 3.65. The molecular weight excluding hydrogens is 228 g/mol. The lowest BCUT2D eigenvalue weighted by molar-refractivity contribution is 0.161. The summed E-state index contributed by atoms with van der Waals surface area (Å²) in [5.41, 5.74) is 0. The van der Waals surface area contributed by atoms with E-state index in [0.29, 0.717) is 0 Å². The Labute approximate surface area is 112 Å². The minimum Gasteiger partial charge on any atom is -0.383 e. The van der Waals surface area contributed by atoms with Crippen LogP contribution < -0.4 is 10.6 Å². The molecule has 0 heterocycles. The maximum absolute atomic E-state index is 5.05. The van der Waals surface area contributed by atoms with Crippen molar-refractivity contribution in [1.29, 1.82) is 0 Å². The molecule has 0 spiro atoms. The molecule has 0 aromatic rings. The summed E-state index contributed by atoms with van der Waals surface area (Å²) >= 11 is 0. The maximum atomic E-state index is 5.05. The lowest BCUT2D eigenvalue weighted by Crippen LogP contribution is -2.38. The van der Waals surface area contributed by atoms with Crippen molar-refractivity contribution < 1.29 is 4.74 Å². The Hall–Kier alpha value is -0.810. The van der Waals surface area contributed by atoms with Crippen LogP contribution in [-0.4, -0.2) is 64.3 Å². The van der Waals surface area contributed by atoms with Gasteiger partial charge in [0.2, 0.25) is 0 Å². The zero-order valence-corrected chi connectivity index (χ0v) is 12.5. The number of guanidine groups is 1. The number of nitrogens with zero attached hydrogens (tertiary/aromatic N) is 2. The van der Waals surface area contributed by atoms with Crippen LogP contribution in [0.3, 0.4) is 0 Å². The molecule has 0 aromatic carbocycles. The highest BCUT2D eigenvalue weighted by Crippen LogP contribution is 1.87. The normalized spacial score (nSPS) is 11.9. The monoisotopic (exact) mass is 258 g/mol. The van der Waals surface area contributed by atoms with E-state index in [1.54, 1.807) is 7.11 Å². The zero-order valence-electron chi connectivity index (χ0n) is 12.5. The molecule has 0 saturated carbocycles. The molecule has 0 aromatic heterocycles. The van der Waals surface area contributed by atoms with Gasteiger partial charge in [-0.05, 0) is 33.4 Å². The molecule has 2 N–H and O–H groups in total. The molecule has 0 fully saturated rings. The van der Waals surface area contributed by atoms with Crippen LogP contribution in [0.4, 0.5) is 0 Å². The Morgan fingerprint density at radius 1 is 1.22 bits per heavy atom. The summed E-state index contributed by atoms with van der Waals surface area (Å²) in [7, 11) is 3.86. The van der Waals surface area contributed by atoms with Crippen molar-refractivity contribution in [2.75, 3.05) is 53.5 Å². The number of aliphatic imine (C=N–C) groups is 1. The fourth-order valence-electron chi connectivity index (χ4n) is 1.48. The van der Waals surface area contributed by atoms with Crippen molar-refractivity contribution in [3.8, 4) is 0 Å². The van der Waals surface area contributed by atoms with E-state index in [0.717, 1.165) is 58.1 Å². The van der Waals surface area contributed by atoms with Crippen LogP contribution in [0.2, 0.25) is 0 Å². The van der Waals surface area contributed by atoms with Crippen LogP contribution in [0.15, 0.2) is 4.99 Å². The van der Waals surface area contributed by atoms with Crippen LogP contribution in [0.5, 0.6) is 0 Å². The van der Waals surface area contributed by atoms with E-state index in [4.69, 9.17) is 4.74 Å². The summed E-state index contributed by atoms with van der Waals surface area (Å²) in [6.07, 6.45) is 2.19. The van der Waals surface area contributed by atoms with Crippen molar-refractivity contribution in [1.82, 2.24) is 15.5 Å².